The predicted molar refractivity (Wildman–Crippen MR) is 68.7 cm³/mol. The first-order valence-corrected chi connectivity index (χ1v) is 6.73. The fourth-order valence-corrected chi connectivity index (χ4v) is 2.70. The third kappa shape index (κ3) is 2.57. The quantitative estimate of drug-likeness (QED) is 0.909. The predicted octanol–water partition coefficient (Wildman–Crippen LogP) is 1.80. The zero-order chi connectivity index (χ0) is 12.5. The minimum Gasteiger partial charge on any atom is -0.354 e. The Labute approximate surface area is 111 Å². The summed E-state index contributed by atoms with van der Waals surface area (Å²) >= 11 is 5.72. The van der Waals surface area contributed by atoms with Gasteiger partial charge in [0.2, 0.25) is 0 Å². The van der Waals surface area contributed by atoms with Crippen LogP contribution in [0, 0.1) is 0 Å². The molecule has 0 aromatic carbocycles. The minimum absolute atomic E-state index is 0.362. The first-order chi connectivity index (χ1) is 8.70. The number of anilines is 1. The summed E-state index contributed by atoms with van der Waals surface area (Å²) < 4.78 is 12.7. The number of rotatable bonds is 3. The van der Waals surface area contributed by atoms with E-state index in [0.717, 1.165) is 25.3 Å². The standard InChI is InChI=1S/C12H16ClFN4/c13-11-1-2-12(17-16-11)18-4-3-9(7-18)15-10-5-8(14)6-10/h1-2,8-10,15H,3-7H2/t8-,9?,10+. The van der Waals surface area contributed by atoms with Gasteiger partial charge in [-0.15, -0.1) is 10.2 Å². The molecule has 0 bridgehead atoms. The van der Waals surface area contributed by atoms with Gasteiger partial charge < -0.3 is 10.2 Å². The molecule has 1 aromatic heterocycles. The molecule has 1 aromatic rings. The molecule has 1 saturated heterocycles. The Morgan fingerprint density at radius 2 is 2.11 bits per heavy atom. The fraction of sp³-hybridized carbons (Fsp3) is 0.667. The summed E-state index contributed by atoms with van der Waals surface area (Å²) in [7, 11) is 0. The first kappa shape index (κ1) is 12.1. The van der Waals surface area contributed by atoms with Gasteiger partial charge in [0, 0.05) is 25.2 Å². The lowest BCUT2D eigenvalue weighted by atomic mass is 9.90. The Balaban J connectivity index is 1.53. The van der Waals surface area contributed by atoms with E-state index in [0.29, 0.717) is 30.1 Å². The number of nitrogens with zero attached hydrogens (tertiary/aromatic N) is 3. The van der Waals surface area contributed by atoms with Gasteiger partial charge in [-0.3, -0.25) is 0 Å². The second-order valence-electron chi connectivity index (χ2n) is 5.08. The van der Waals surface area contributed by atoms with Gasteiger partial charge in [-0.1, -0.05) is 11.6 Å². The van der Waals surface area contributed by atoms with Crippen LogP contribution in [0.2, 0.25) is 5.15 Å². The van der Waals surface area contributed by atoms with Crippen LogP contribution in [0.4, 0.5) is 10.2 Å². The van der Waals surface area contributed by atoms with Crippen LogP contribution in [0.1, 0.15) is 19.3 Å². The minimum atomic E-state index is -0.595. The Kier molecular flexibility index (Phi) is 3.35. The molecule has 1 atom stereocenters. The van der Waals surface area contributed by atoms with Gasteiger partial charge in [0.15, 0.2) is 11.0 Å². The second kappa shape index (κ2) is 4.97. The summed E-state index contributed by atoms with van der Waals surface area (Å²) in [6.45, 7) is 1.86. The van der Waals surface area contributed by atoms with Crippen molar-refractivity contribution < 1.29 is 4.39 Å². The van der Waals surface area contributed by atoms with Crippen molar-refractivity contribution in [3.63, 3.8) is 0 Å². The summed E-state index contributed by atoms with van der Waals surface area (Å²) in [5.74, 6) is 0.862. The second-order valence-corrected chi connectivity index (χ2v) is 5.47. The number of hydrogen-bond donors (Lipinski definition) is 1. The average Bonchev–Trinajstić information content (AvgIpc) is 2.77. The Bertz CT molecular complexity index is 407. The highest BCUT2D eigenvalue weighted by Crippen LogP contribution is 2.25. The monoisotopic (exact) mass is 270 g/mol. The fourth-order valence-electron chi connectivity index (χ4n) is 2.60. The molecule has 0 radical (unpaired) electrons. The van der Waals surface area contributed by atoms with Crippen LogP contribution >= 0.6 is 11.6 Å². The third-order valence-corrected chi connectivity index (χ3v) is 3.88. The highest BCUT2D eigenvalue weighted by Gasteiger charge is 2.32. The van der Waals surface area contributed by atoms with Gasteiger partial charge in [0.1, 0.15) is 6.17 Å². The summed E-state index contributed by atoms with van der Waals surface area (Å²) in [6, 6.07) is 4.43. The molecule has 1 aliphatic carbocycles. The number of alkyl halides is 1. The van der Waals surface area contributed by atoms with Gasteiger partial charge in [-0.05, 0) is 31.4 Å². The van der Waals surface area contributed by atoms with Gasteiger partial charge in [-0.25, -0.2) is 4.39 Å². The normalized spacial score (nSPS) is 31.4. The average molecular weight is 271 g/mol. The van der Waals surface area contributed by atoms with Crippen LogP contribution in [0.25, 0.3) is 0 Å². The molecule has 3 rings (SSSR count). The van der Waals surface area contributed by atoms with E-state index in [1.807, 2.05) is 6.07 Å². The van der Waals surface area contributed by atoms with E-state index in [-0.39, 0.29) is 0 Å². The number of aromatic nitrogens is 2. The number of nitrogens with one attached hydrogen (secondary N) is 1. The molecule has 4 nitrogen and oxygen atoms in total. The van der Waals surface area contributed by atoms with Crippen molar-refractivity contribution in [3.05, 3.63) is 17.3 Å². The van der Waals surface area contributed by atoms with Gasteiger partial charge >= 0.3 is 0 Å². The smallest absolute Gasteiger partial charge is 0.151 e. The largest absolute Gasteiger partial charge is 0.354 e. The summed E-state index contributed by atoms with van der Waals surface area (Å²) in [4.78, 5) is 2.19. The lowest BCUT2D eigenvalue weighted by molar-refractivity contribution is 0.148. The van der Waals surface area contributed by atoms with Crippen molar-refractivity contribution in [1.29, 1.82) is 0 Å². The molecular weight excluding hydrogens is 255 g/mol. The molecule has 1 N–H and O–H groups in total. The summed E-state index contributed by atoms with van der Waals surface area (Å²) in [6.07, 6.45) is 1.80. The van der Waals surface area contributed by atoms with E-state index < -0.39 is 6.17 Å². The van der Waals surface area contributed by atoms with Crippen molar-refractivity contribution >= 4 is 17.4 Å². The van der Waals surface area contributed by atoms with Crippen LogP contribution in [-0.4, -0.2) is 41.5 Å². The molecule has 98 valence electrons. The molecular formula is C12H16ClFN4. The van der Waals surface area contributed by atoms with Crippen LogP contribution in [0.15, 0.2) is 12.1 Å². The SMILES string of the molecule is F[C@H]1C[C@@H](NC2CCN(c3ccc(Cl)nn3)C2)C1. The third-order valence-electron chi connectivity index (χ3n) is 3.68. The molecule has 1 saturated carbocycles. The summed E-state index contributed by atoms with van der Waals surface area (Å²) in [5, 5.41) is 11.8. The Hall–Kier alpha value is -0.940. The Morgan fingerprint density at radius 3 is 2.78 bits per heavy atom. The first-order valence-electron chi connectivity index (χ1n) is 6.35. The van der Waals surface area contributed by atoms with Gasteiger partial charge in [0.05, 0.1) is 0 Å². The molecule has 2 aliphatic rings. The zero-order valence-corrected chi connectivity index (χ0v) is 10.8. The van der Waals surface area contributed by atoms with Crippen molar-refractivity contribution in [1.82, 2.24) is 15.5 Å². The molecule has 2 heterocycles. The van der Waals surface area contributed by atoms with E-state index in [9.17, 15) is 4.39 Å². The lowest BCUT2D eigenvalue weighted by Crippen LogP contribution is -2.48. The van der Waals surface area contributed by atoms with Crippen molar-refractivity contribution in [3.8, 4) is 0 Å². The van der Waals surface area contributed by atoms with E-state index in [1.165, 1.54) is 0 Å². The van der Waals surface area contributed by atoms with Crippen molar-refractivity contribution in [2.45, 2.75) is 37.5 Å². The van der Waals surface area contributed by atoms with Crippen LogP contribution in [0.3, 0.4) is 0 Å². The maximum atomic E-state index is 12.7. The van der Waals surface area contributed by atoms with Crippen LogP contribution in [0.5, 0.6) is 0 Å². The molecule has 2 fully saturated rings. The van der Waals surface area contributed by atoms with Crippen LogP contribution in [-0.2, 0) is 0 Å². The molecule has 6 heteroatoms. The topological polar surface area (TPSA) is 41.0 Å². The van der Waals surface area contributed by atoms with E-state index in [1.54, 1.807) is 6.07 Å². The zero-order valence-electron chi connectivity index (χ0n) is 10.0. The maximum absolute atomic E-state index is 12.7. The highest BCUT2D eigenvalue weighted by atomic mass is 35.5. The van der Waals surface area contributed by atoms with Crippen LogP contribution < -0.4 is 10.2 Å². The summed E-state index contributed by atoms with van der Waals surface area (Å²) in [5.41, 5.74) is 0. The van der Waals surface area contributed by atoms with E-state index in [4.69, 9.17) is 11.6 Å². The molecule has 18 heavy (non-hydrogen) atoms. The molecule has 1 aliphatic heterocycles. The number of halogens is 2. The Morgan fingerprint density at radius 1 is 1.28 bits per heavy atom. The van der Waals surface area contributed by atoms with Crippen molar-refractivity contribution in [2.24, 2.45) is 0 Å². The van der Waals surface area contributed by atoms with Gasteiger partial charge in [0.25, 0.3) is 0 Å². The molecule has 0 amide bonds. The van der Waals surface area contributed by atoms with E-state index in [2.05, 4.69) is 20.4 Å². The number of hydrogen-bond acceptors (Lipinski definition) is 4. The highest BCUT2D eigenvalue weighted by molar-refractivity contribution is 6.29. The lowest BCUT2D eigenvalue weighted by Gasteiger charge is -2.33. The molecule has 0 spiro atoms. The van der Waals surface area contributed by atoms with Gasteiger partial charge in [-0.2, -0.15) is 0 Å². The molecule has 1 unspecified atom stereocenters. The van der Waals surface area contributed by atoms with E-state index >= 15 is 0 Å². The van der Waals surface area contributed by atoms with Crippen molar-refractivity contribution in [2.75, 3.05) is 18.0 Å². The maximum Gasteiger partial charge on any atom is 0.151 e.